The van der Waals surface area contributed by atoms with Crippen molar-refractivity contribution in [2.45, 2.75) is 0 Å². The second-order valence-corrected chi connectivity index (χ2v) is 4.42. The van der Waals surface area contributed by atoms with E-state index >= 15 is 0 Å². The molecule has 0 unspecified atom stereocenters. The molecule has 0 saturated heterocycles. The van der Waals surface area contributed by atoms with Crippen molar-refractivity contribution in [3.63, 3.8) is 0 Å². The molecule has 3 aromatic rings. The van der Waals surface area contributed by atoms with Gasteiger partial charge in [-0.25, -0.2) is 6.92 Å². The first-order chi connectivity index (χ1) is 9.40. The van der Waals surface area contributed by atoms with Crippen molar-refractivity contribution in [2.24, 2.45) is 0 Å². The zero-order valence-electron chi connectivity index (χ0n) is 11.2. The summed E-state index contributed by atoms with van der Waals surface area (Å²) in [5, 5.41) is 2.44. The SMILES string of the molecule is [CH2-]/C=C(/c1ccccc1)c1[c-]ccc2ccccc12.[Y]. The van der Waals surface area contributed by atoms with Crippen LogP contribution in [-0.4, -0.2) is 0 Å². The maximum atomic E-state index is 3.96. The molecule has 20 heavy (non-hydrogen) atoms. The molecule has 1 radical (unpaired) electrons. The Balaban J connectivity index is 0.00000147. The summed E-state index contributed by atoms with van der Waals surface area (Å²) in [7, 11) is 0. The third-order valence-electron chi connectivity index (χ3n) is 3.28. The van der Waals surface area contributed by atoms with E-state index in [0.29, 0.717) is 0 Å². The minimum absolute atomic E-state index is 0. The molecule has 0 aliphatic carbocycles. The topological polar surface area (TPSA) is 0 Å². The van der Waals surface area contributed by atoms with E-state index < -0.39 is 0 Å². The molecule has 0 saturated carbocycles. The maximum Gasteiger partial charge on any atom is 0 e. The molecular weight excluding hydrogens is 317 g/mol. The first kappa shape index (κ1) is 15.0. The van der Waals surface area contributed by atoms with Gasteiger partial charge in [-0.1, -0.05) is 60.2 Å². The van der Waals surface area contributed by atoms with Gasteiger partial charge in [0.25, 0.3) is 0 Å². The van der Waals surface area contributed by atoms with Gasteiger partial charge in [-0.05, 0) is 0 Å². The van der Waals surface area contributed by atoms with Gasteiger partial charge < -0.3 is 0 Å². The second kappa shape index (κ2) is 6.88. The van der Waals surface area contributed by atoms with Gasteiger partial charge in [0.2, 0.25) is 0 Å². The van der Waals surface area contributed by atoms with Gasteiger partial charge >= 0.3 is 0 Å². The Morgan fingerprint density at radius 3 is 2.35 bits per heavy atom. The predicted molar refractivity (Wildman–Crippen MR) is 81.7 cm³/mol. The van der Waals surface area contributed by atoms with E-state index in [4.69, 9.17) is 0 Å². The van der Waals surface area contributed by atoms with Crippen molar-refractivity contribution in [3.8, 4) is 0 Å². The Morgan fingerprint density at radius 2 is 1.60 bits per heavy atom. The Labute approximate surface area is 145 Å². The summed E-state index contributed by atoms with van der Waals surface area (Å²) in [6.45, 7) is 3.96. The first-order valence-corrected chi connectivity index (χ1v) is 6.35. The number of hydrogen-bond donors (Lipinski definition) is 0. The number of hydrogen-bond acceptors (Lipinski definition) is 0. The molecule has 0 nitrogen and oxygen atoms in total. The fraction of sp³-hybridized carbons (Fsp3) is 0. The van der Waals surface area contributed by atoms with Gasteiger partial charge in [0.05, 0.1) is 0 Å². The van der Waals surface area contributed by atoms with Gasteiger partial charge in [-0.15, -0.1) is 40.1 Å². The number of rotatable bonds is 2. The fourth-order valence-corrected chi connectivity index (χ4v) is 2.37. The number of allylic oxidation sites excluding steroid dienone is 1. The van der Waals surface area contributed by atoms with E-state index in [1.54, 1.807) is 0 Å². The molecule has 3 aromatic carbocycles. The van der Waals surface area contributed by atoms with Crippen LogP contribution in [0.4, 0.5) is 0 Å². The molecule has 0 aromatic heterocycles. The van der Waals surface area contributed by atoms with Crippen LogP contribution in [0.2, 0.25) is 0 Å². The summed E-state index contributed by atoms with van der Waals surface area (Å²) in [5.74, 6) is 0. The molecule has 0 amide bonds. The zero-order chi connectivity index (χ0) is 13.1. The van der Waals surface area contributed by atoms with Crippen LogP contribution in [0, 0.1) is 13.0 Å². The van der Waals surface area contributed by atoms with Crippen LogP contribution in [0.15, 0.2) is 72.8 Å². The van der Waals surface area contributed by atoms with E-state index in [1.165, 1.54) is 16.3 Å². The van der Waals surface area contributed by atoms with Crippen molar-refractivity contribution in [1.82, 2.24) is 0 Å². The Hall–Kier alpha value is -1.37. The first-order valence-electron chi connectivity index (χ1n) is 6.35. The summed E-state index contributed by atoms with van der Waals surface area (Å²) >= 11 is 0. The molecule has 0 bridgehead atoms. The van der Waals surface area contributed by atoms with E-state index in [1.807, 2.05) is 30.3 Å². The zero-order valence-corrected chi connectivity index (χ0v) is 14.1. The molecule has 0 N–H and O–H groups in total. The average molecular weight is 331 g/mol. The summed E-state index contributed by atoms with van der Waals surface area (Å²) in [5.41, 5.74) is 3.40. The van der Waals surface area contributed by atoms with Crippen molar-refractivity contribution < 1.29 is 32.7 Å². The molecular formula is C19H14Y-2. The Bertz CT molecular complexity index is 722. The standard InChI is InChI=1S/C19H14.Y/c1-2-17(15-9-4-3-5-10-15)19-14-8-12-16-11-6-7-13-18(16)19;/h2-13H,1H2;/q-2;/b17-2-;. The second-order valence-electron chi connectivity index (χ2n) is 4.42. The van der Waals surface area contributed by atoms with Crippen molar-refractivity contribution in [3.05, 3.63) is 96.9 Å². The van der Waals surface area contributed by atoms with E-state index in [9.17, 15) is 0 Å². The van der Waals surface area contributed by atoms with Gasteiger partial charge in [0, 0.05) is 32.7 Å². The van der Waals surface area contributed by atoms with Crippen LogP contribution < -0.4 is 0 Å². The van der Waals surface area contributed by atoms with E-state index in [2.05, 4.69) is 55.5 Å². The minimum Gasteiger partial charge on any atom is -0.236 e. The van der Waals surface area contributed by atoms with Gasteiger partial charge in [-0.2, -0.15) is 6.08 Å². The fourth-order valence-electron chi connectivity index (χ4n) is 2.37. The van der Waals surface area contributed by atoms with Crippen LogP contribution in [0.1, 0.15) is 11.1 Å². The van der Waals surface area contributed by atoms with Crippen molar-refractivity contribution in [1.29, 1.82) is 0 Å². The molecule has 0 aliphatic heterocycles. The minimum atomic E-state index is 0. The Kier molecular flexibility index (Phi) is 5.17. The molecule has 95 valence electrons. The maximum absolute atomic E-state index is 3.96. The molecule has 0 spiro atoms. The number of benzene rings is 3. The number of fused-ring (bicyclic) bond motifs is 1. The normalized spacial score (nSPS) is 11.1. The van der Waals surface area contributed by atoms with E-state index in [-0.39, 0.29) is 32.7 Å². The molecule has 0 fully saturated rings. The van der Waals surface area contributed by atoms with Gasteiger partial charge in [0.1, 0.15) is 0 Å². The summed E-state index contributed by atoms with van der Waals surface area (Å²) in [6, 6.07) is 26.1. The molecule has 1 heteroatoms. The van der Waals surface area contributed by atoms with Crippen LogP contribution in [0.25, 0.3) is 16.3 Å². The quantitative estimate of drug-likeness (QED) is 0.586. The van der Waals surface area contributed by atoms with Crippen LogP contribution in [0.5, 0.6) is 0 Å². The molecule has 0 atom stereocenters. The third kappa shape index (κ3) is 2.87. The van der Waals surface area contributed by atoms with Crippen LogP contribution >= 0.6 is 0 Å². The summed E-state index contributed by atoms with van der Waals surface area (Å²) in [6.07, 6.45) is 1.91. The third-order valence-corrected chi connectivity index (χ3v) is 3.28. The predicted octanol–water partition coefficient (Wildman–Crippen LogP) is 4.90. The van der Waals surface area contributed by atoms with Gasteiger partial charge in [0.15, 0.2) is 0 Å². The monoisotopic (exact) mass is 331 g/mol. The van der Waals surface area contributed by atoms with Crippen molar-refractivity contribution in [2.75, 3.05) is 0 Å². The molecule has 0 heterocycles. The van der Waals surface area contributed by atoms with Crippen LogP contribution in [0.3, 0.4) is 0 Å². The summed E-state index contributed by atoms with van der Waals surface area (Å²) < 4.78 is 0. The average Bonchev–Trinajstić information content (AvgIpc) is 2.49. The summed E-state index contributed by atoms with van der Waals surface area (Å²) in [4.78, 5) is 0. The molecule has 0 aliphatic rings. The Morgan fingerprint density at radius 1 is 0.900 bits per heavy atom. The van der Waals surface area contributed by atoms with E-state index in [0.717, 1.165) is 11.1 Å². The van der Waals surface area contributed by atoms with Crippen LogP contribution in [-0.2, 0) is 32.7 Å². The molecule has 3 rings (SSSR count). The van der Waals surface area contributed by atoms with Gasteiger partial charge in [-0.3, -0.25) is 0 Å². The smallest absolute Gasteiger partial charge is 0 e. The van der Waals surface area contributed by atoms with Crippen molar-refractivity contribution >= 4 is 16.3 Å². The largest absolute Gasteiger partial charge is 0.236 e.